The van der Waals surface area contributed by atoms with E-state index >= 15 is 0 Å². The van der Waals surface area contributed by atoms with E-state index in [1.54, 1.807) is 12.1 Å². The number of nitrogens with zero attached hydrogens (tertiary/aromatic N) is 1. The fourth-order valence-corrected chi connectivity index (χ4v) is 5.75. The molecule has 30 heavy (non-hydrogen) atoms. The van der Waals surface area contributed by atoms with Crippen LogP contribution in [0.4, 0.5) is 0 Å². The van der Waals surface area contributed by atoms with Crippen LogP contribution in [0, 0.1) is 20.8 Å². The van der Waals surface area contributed by atoms with Crippen molar-refractivity contribution < 1.29 is 8.42 Å². The van der Waals surface area contributed by atoms with Gasteiger partial charge in [-0.1, -0.05) is 77.9 Å². The van der Waals surface area contributed by atoms with Crippen molar-refractivity contribution in [1.29, 1.82) is 0 Å². The summed E-state index contributed by atoms with van der Waals surface area (Å²) in [6, 6.07) is 25.0. The van der Waals surface area contributed by atoms with Crippen LogP contribution < -0.4 is 0 Å². The summed E-state index contributed by atoms with van der Waals surface area (Å²) in [5, 5.41) is 0. The SMILES string of the molecule is Cc1ccc(-c2c(S(=O)(=O)c3ccc(C)cc3)c(C)c(-c3ccccc3)n2C)cc1. The molecule has 3 nitrogen and oxygen atoms in total. The maximum Gasteiger partial charge on any atom is 0.209 e. The van der Waals surface area contributed by atoms with Gasteiger partial charge in [0.1, 0.15) is 4.90 Å². The van der Waals surface area contributed by atoms with E-state index in [1.165, 1.54) is 0 Å². The molecule has 0 aliphatic carbocycles. The summed E-state index contributed by atoms with van der Waals surface area (Å²) in [5.41, 5.74) is 6.44. The van der Waals surface area contributed by atoms with Crippen LogP contribution in [0.2, 0.25) is 0 Å². The normalized spacial score (nSPS) is 11.6. The van der Waals surface area contributed by atoms with Crippen molar-refractivity contribution in [3.05, 3.63) is 95.6 Å². The van der Waals surface area contributed by atoms with Gasteiger partial charge in [-0.15, -0.1) is 0 Å². The van der Waals surface area contributed by atoms with E-state index in [1.807, 2.05) is 99.1 Å². The van der Waals surface area contributed by atoms with Crippen molar-refractivity contribution in [2.75, 3.05) is 0 Å². The van der Waals surface area contributed by atoms with Gasteiger partial charge in [0.25, 0.3) is 0 Å². The smallest absolute Gasteiger partial charge is 0.209 e. The lowest BCUT2D eigenvalue weighted by atomic mass is 10.1. The van der Waals surface area contributed by atoms with Crippen LogP contribution in [0.5, 0.6) is 0 Å². The Morgan fingerprint density at radius 3 is 1.70 bits per heavy atom. The highest BCUT2D eigenvalue weighted by Crippen LogP contribution is 2.41. The molecule has 1 aromatic heterocycles. The van der Waals surface area contributed by atoms with Crippen molar-refractivity contribution in [3.63, 3.8) is 0 Å². The Morgan fingerprint density at radius 2 is 1.13 bits per heavy atom. The molecule has 4 rings (SSSR count). The second-order valence-corrected chi connectivity index (χ2v) is 9.65. The van der Waals surface area contributed by atoms with Gasteiger partial charge in [-0.05, 0) is 49.6 Å². The van der Waals surface area contributed by atoms with Gasteiger partial charge in [-0.25, -0.2) is 8.42 Å². The van der Waals surface area contributed by atoms with Crippen LogP contribution in [0.15, 0.2) is 88.7 Å². The molecule has 0 amide bonds. The Bertz CT molecular complexity index is 1300. The minimum atomic E-state index is -3.71. The topological polar surface area (TPSA) is 39.1 Å². The van der Waals surface area contributed by atoms with E-state index in [9.17, 15) is 8.42 Å². The summed E-state index contributed by atoms with van der Waals surface area (Å²) in [4.78, 5) is 0.686. The van der Waals surface area contributed by atoms with Gasteiger partial charge in [0.05, 0.1) is 16.3 Å². The van der Waals surface area contributed by atoms with Crippen molar-refractivity contribution in [1.82, 2.24) is 4.57 Å². The second-order valence-electron chi connectivity index (χ2n) is 7.76. The average molecular weight is 416 g/mol. The van der Waals surface area contributed by atoms with E-state index in [2.05, 4.69) is 0 Å². The Morgan fingerprint density at radius 1 is 0.633 bits per heavy atom. The van der Waals surface area contributed by atoms with E-state index in [0.717, 1.165) is 33.5 Å². The van der Waals surface area contributed by atoms with Gasteiger partial charge in [0, 0.05) is 7.05 Å². The summed E-state index contributed by atoms with van der Waals surface area (Å²) < 4.78 is 29.6. The lowest BCUT2D eigenvalue weighted by Crippen LogP contribution is -2.05. The summed E-state index contributed by atoms with van der Waals surface area (Å²) in [6.45, 7) is 5.88. The number of aryl methyl sites for hydroxylation is 2. The summed E-state index contributed by atoms with van der Waals surface area (Å²) in [5.74, 6) is 0. The predicted molar refractivity (Wildman–Crippen MR) is 122 cm³/mol. The molecule has 0 unspecified atom stereocenters. The first-order chi connectivity index (χ1) is 14.3. The molecule has 1 heterocycles. The molecule has 0 saturated heterocycles. The average Bonchev–Trinajstić information content (AvgIpc) is 3.00. The van der Waals surface area contributed by atoms with Crippen molar-refractivity contribution in [2.45, 2.75) is 30.6 Å². The molecule has 0 aliphatic heterocycles. The molecule has 4 aromatic rings. The number of sulfone groups is 1. The summed E-state index contributed by atoms with van der Waals surface area (Å²) >= 11 is 0. The Labute approximate surface area is 178 Å². The van der Waals surface area contributed by atoms with Gasteiger partial charge in [-0.2, -0.15) is 0 Å². The highest BCUT2D eigenvalue weighted by atomic mass is 32.2. The van der Waals surface area contributed by atoms with Crippen LogP contribution >= 0.6 is 0 Å². The van der Waals surface area contributed by atoms with Crippen LogP contribution in [0.25, 0.3) is 22.5 Å². The quantitative estimate of drug-likeness (QED) is 0.403. The van der Waals surface area contributed by atoms with Crippen molar-refractivity contribution >= 4 is 9.84 Å². The van der Waals surface area contributed by atoms with Crippen molar-refractivity contribution in [2.24, 2.45) is 7.05 Å². The summed E-state index contributed by atoms with van der Waals surface area (Å²) in [6.07, 6.45) is 0. The van der Waals surface area contributed by atoms with Crippen LogP contribution in [-0.4, -0.2) is 13.0 Å². The number of rotatable bonds is 4. The zero-order valence-corrected chi connectivity index (χ0v) is 18.5. The molecule has 0 N–H and O–H groups in total. The van der Waals surface area contributed by atoms with Crippen LogP contribution in [0.1, 0.15) is 16.7 Å². The third-order valence-electron chi connectivity index (χ3n) is 5.55. The molecular weight excluding hydrogens is 390 g/mol. The van der Waals surface area contributed by atoms with Crippen molar-refractivity contribution in [3.8, 4) is 22.5 Å². The van der Waals surface area contributed by atoms with E-state index in [0.29, 0.717) is 15.5 Å². The minimum Gasteiger partial charge on any atom is -0.342 e. The molecule has 0 spiro atoms. The third-order valence-corrected chi connectivity index (χ3v) is 7.48. The van der Waals surface area contributed by atoms with Gasteiger partial charge < -0.3 is 4.57 Å². The lowest BCUT2D eigenvalue weighted by Gasteiger charge is -2.11. The lowest BCUT2D eigenvalue weighted by molar-refractivity contribution is 0.596. The monoisotopic (exact) mass is 415 g/mol. The van der Waals surface area contributed by atoms with Crippen LogP contribution in [-0.2, 0) is 16.9 Å². The molecule has 4 heteroatoms. The number of hydrogen-bond acceptors (Lipinski definition) is 2. The standard InChI is InChI=1S/C26H25NO2S/c1-18-10-14-22(15-11-18)25-26(30(28,29)23-16-12-19(2)13-17-23)20(3)24(27(25)4)21-8-6-5-7-9-21/h5-17H,1-4H3. The molecule has 0 aliphatic rings. The molecule has 0 atom stereocenters. The Balaban J connectivity index is 2.06. The largest absolute Gasteiger partial charge is 0.342 e. The molecule has 0 bridgehead atoms. The maximum absolute atomic E-state index is 13.8. The highest BCUT2D eigenvalue weighted by Gasteiger charge is 2.30. The number of aromatic nitrogens is 1. The van der Waals surface area contributed by atoms with Crippen LogP contribution in [0.3, 0.4) is 0 Å². The molecule has 0 saturated carbocycles. The Kier molecular flexibility index (Phi) is 5.12. The molecule has 0 radical (unpaired) electrons. The number of benzene rings is 3. The van der Waals surface area contributed by atoms with Gasteiger partial charge in [0.15, 0.2) is 0 Å². The zero-order chi connectivity index (χ0) is 21.5. The fourth-order valence-electron chi connectivity index (χ4n) is 4.01. The first-order valence-corrected chi connectivity index (χ1v) is 11.4. The third kappa shape index (κ3) is 3.37. The molecule has 152 valence electrons. The first kappa shape index (κ1) is 20.2. The fraction of sp³-hybridized carbons (Fsp3) is 0.154. The molecular formula is C26H25NO2S. The predicted octanol–water partition coefficient (Wildman–Crippen LogP) is 6.12. The Hall–Kier alpha value is -3.11. The molecule has 0 fully saturated rings. The van der Waals surface area contributed by atoms with Gasteiger partial charge >= 0.3 is 0 Å². The van der Waals surface area contributed by atoms with E-state index in [-0.39, 0.29) is 0 Å². The summed E-state index contributed by atoms with van der Waals surface area (Å²) in [7, 11) is -1.76. The first-order valence-electron chi connectivity index (χ1n) is 9.94. The minimum absolute atomic E-state index is 0.315. The second kappa shape index (κ2) is 7.62. The zero-order valence-electron chi connectivity index (χ0n) is 17.7. The van der Waals surface area contributed by atoms with Gasteiger partial charge in [-0.3, -0.25) is 0 Å². The van der Waals surface area contributed by atoms with Gasteiger partial charge in [0.2, 0.25) is 9.84 Å². The number of hydrogen-bond donors (Lipinski definition) is 0. The molecule has 3 aromatic carbocycles. The van der Waals surface area contributed by atoms with E-state index < -0.39 is 9.84 Å². The highest BCUT2D eigenvalue weighted by molar-refractivity contribution is 7.91. The van der Waals surface area contributed by atoms with E-state index in [4.69, 9.17) is 0 Å². The maximum atomic E-state index is 13.8.